The van der Waals surface area contributed by atoms with Crippen LogP contribution in [0, 0.1) is 0 Å². The van der Waals surface area contributed by atoms with Gasteiger partial charge in [-0.15, -0.1) is 0 Å². The van der Waals surface area contributed by atoms with Crippen molar-refractivity contribution in [3.05, 3.63) is 61.9 Å². The van der Waals surface area contributed by atoms with Crippen molar-refractivity contribution in [1.29, 1.82) is 0 Å². The lowest BCUT2D eigenvalue weighted by Gasteiger charge is -2.15. The molecule has 0 saturated carbocycles. The second kappa shape index (κ2) is 13.3. The van der Waals surface area contributed by atoms with Crippen molar-refractivity contribution in [2.75, 3.05) is 20.8 Å². The Bertz CT molecular complexity index is 1140. The van der Waals surface area contributed by atoms with Gasteiger partial charge in [-0.2, -0.15) is 0 Å². The van der Waals surface area contributed by atoms with E-state index in [0.29, 0.717) is 43.2 Å². The van der Waals surface area contributed by atoms with E-state index in [2.05, 4.69) is 20.7 Å². The average molecular weight is 599 g/mol. The highest BCUT2D eigenvalue weighted by Crippen LogP contribution is 2.40. The molecular formula is C25H25BrClNO5S2. The molecule has 0 atom stereocenters. The highest BCUT2D eigenvalue weighted by atomic mass is 79.9. The number of nitrogens with zero attached hydrogens (tertiary/aromatic N) is 1. The molecule has 1 heterocycles. The first-order chi connectivity index (χ1) is 16.8. The molecule has 3 rings (SSSR count). The molecule has 2 aromatic carbocycles. The molecule has 186 valence electrons. The van der Waals surface area contributed by atoms with Crippen LogP contribution in [0.15, 0.2) is 45.8 Å². The van der Waals surface area contributed by atoms with Crippen LogP contribution in [0.2, 0.25) is 5.02 Å². The first-order valence-corrected chi connectivity index (χ1v) is 13.3. The SMILES string of the molecule is COC(=O)CCCCCN1C(=O)/C(=C/c2cc(Br)c(OCc3ccccc3Cl)c(OC)c2)SC1=S. The molecule has 0 radical (unpaired) electrons. The van der Waals surface area contributed by atoms with Crippen LogP contribution in [0.3, 0.4) is 0 Å². The van der Waals surface area contributed by atoms with Gasteiger partial charge in [0.2, 0.25) is 0 Å². The number of thioether (sulfide) groups is 1. The second-order valence-electron chi connectivity index (χ2n) is 7.63. The molecule has 0 unspecified atom stereocenters. The first-order valence-electron chi connectivity index (χ1n) is 10.9. The van der Waals surface area contributed by atoms with Crippen LogP contribution in [-0.2, 0) is 20.9 Å². The summed E-state index contributed by atoms with van der Waals surface area (Å²) in [5, 5.41) is 0.629. The van der Waals surface area contributed by atoms with Crippen molar-refractivity contribution >= 4 is 73.8 Å². The number of esters is 1. The molecule has 1 fully saturated rings. The minimum absolute atomic E-state index is 0.123. The lowest BCUT2D eigenvalue weighted by atomic mass is 10.1. The third-order valence-electron chi connectivity index (χ3n) is 5.24. The van der Waals surface area contributed by atoms with Crippen molar-refractivity contribution in [2.45, 2.75) is 32.3 Å². The smallest absolute Gasteiger partial charge is 0.305 e. The van der Waals surface area contributed by atoms with E-state index in [1.54, 1.807) is 18.1 Å². The number of carbonyl (C=O) groups excluding carboxylic acids is 2. The minimum Gasteiger partial charge on any atom is -0.493 e. The molecule has 10 heteroatoms. The summed E-state index contributed by atoms with van der Waals surface area (Å²) in [5.74, 6) is 0.727. The van der Waals surface area contributed by atoms with Crippen molar-refractivity contribution < 1.29 is 23.8 Å². The summed E-state index contributed by atoms with van der Waals surface area (Å²) in [6, 6.07) is 11.2. The molecule has 0 spiro atoms. The fraction of sp³-hybridized carbons (Fsp3) is 0.320. The van der Waals surface area contributed by atoms with Crippen LogP contribution in [0.5, 0.6) is 11.5 Å². The van der Waals surface area contributed by atoms with Gasteiger partial charge in [-0.25, -0.2) is 0 Å². The molecule has 35 heavy (non-hydrogen) atoms. The van der Waals surface area contributed by atoms with Crippen LogP contribution in [0.4, 0.5) is 0 Å². The lowest BCUT2D eigenvalue weighted by molar-refractivity contribution is -0.140. The predicted molar refractivity (Wildman–Crippen MR) is 147 cm³/mol. The monoisotopic (exact) mass is 597 g/mol. The highest BCUT2D eigenvalue weighted by Gasteiger charge is 2.31. The Hall–Kier alpha value is -2.07. The van der Waals surface area contributed by atoms with E-state index in [4.69, 9.17) is 33.3 Å². The number of unbranched alkanes of at least 4 members (excludes halogenated alkanes) is 2. The maximum atomic E-state index is 12.9. The van der Waals surface area contributed by atoms with E-state index in [0.717, 1.165) is 30.4 Å². The molecule has 0 N–H and O–H groups in total. The van der Waals surface area contributed by atoms with E-state index < -0.39 is 0 Å². The van der Waals surface area contributed by atoms with E-state index in [9.17, 15) is 9.59 Å². The third-order valence-corrected chi connectivity index (χ3v) is 7.58. The fourth-order valence-electron chi connectivity index (χ4n) is 3.39. The maximum absolute atomic E-state index is 12.9. The van der Waals surface area contributed by atoms with Crippen molar-refractivity contribution in [2.24, 2.45) is 0 Å². The number of methoxy groups -OCH3 is 2. The topological polar surface area (TPSA) is 65.1 Å². The van der Waals surface area contributed by atoms with Gasteiger partial charge in [-0.1, -0.05) is 60.2 Å². The quantitative estimate of drug-likeness (QED) is 0.125. The molecule has 2 aromatic rings. The minimum atomic E-state index is -0.222. The normalized spacial score (nSPS) is 14.5. The van der Waals surface area contributed by atoms with Gasteiger partial charge in [0.1, 0.15) is 10.9 Å². The standard InChI is InChI=1S/C25H25BrClNO5S2/c1-31-20-13-16(12-18(26)23(20)33-15-17-8-5-6-9-19(17)27)14-21-24(30)28(25(34)35-21)11-7-3-4-10-22(29)32-2/h5-6,8-9,12-14H,3-4,7,10-11,15H2,1-2H3/b21-14-. The van der Waals surface area contributed by atoms with E-state index in [1.165, 1.54) is 18.9 Å². The van der Waals surface area contributed by atoms with Crippen LogP contribution in [0.25, 0.3) is 6.08 Å². The number of benzene rings is 2. The third kappa shape index (κ3) is 7.46. The molecular weight excluding hydrogens is 574 g/mol. The van der Waals surface area contributed by atoms with Crippen LogP contribution < -0.4 is 9.47 Å². The largest absolute Gasteiger partial charge is 0.493 e. The van der Waals surface area contributed by atoms with E-state index >= 15 is 0 Å². The highest BCUT2D eigenvalue weighted by molar-refractivity contribution is 9.10. The number of ether oxygens (including phenoxy) is 3. The fourth-order valence-corrected chi connectivity index (χ4v) is 5.46. The molecule has 0 aliphatic carbocycles. The Morgan fingerprint density at radius 2 is 1.97 bits per heavy atom. The van der Waals surface area contributed by atoms with Crippen molar-refractivity contribution in [3.8, 4) is 11.5 Å². The predicted octanol–water partition coefficient (Wildman–Crippen LogP) is 6.62. The van der Waals surface area contributed by atoms with Crippen LogP contribution in [-0.4, -0.2) is 41.9 Å². The molecule has 1 saturated heterocycles. The van der Waals surface area contributed by atoms with Crippen LogP contribution in [0.1, 0.15) is 36.8 Å². The van der Waals surface area contributed by atoms with Gasteiger partial charge in [-0.05, 0) is 58.6 Å². The number of hydrogen-bond donors (Lipinski definition) is 0. The number of rotatable bonds is 11. The Morgan fingerprint density at radius 1 is 1.20 bits per heavy atom. The van der Waals surface area contributed by atoms with Crippen molar-refractivity contribution in [1.82, 2.24) is 4.90 Å². The van der Waals surface area contributed by atoms with Crippen molar-refractivity contribution in [3.63, 3.8) is 0 Å². The first kappa shape index (κ1) is 27.5. The van der Waals surface area contributed by atoms with Gasteiger partial charge in [0.15, 0.2) is 11.5 Å². The molecule has 0 bridgehead atoms. The summed E-state index contributed by atoms with van der Waals surface area (Å²) in [5.41, 5.74) is 1.64. The van der Waals surface area contributed by atoms with Gasteiger partial charge in [0, 0.05) is 23.6 Å². The Labute approximate surface area is 228 Å². The number of thiocarbonyl (C=S) groups is 1. The summed E-state index contributed by atoms with van der Waals surface area (Å²) >= 11 is 16.5. The Balaban J connectivity index is 1.66. The molecule has 1 amide bonds. The van der Waals surface area contributed by atoms with Gasteiger partial charge >= 0.3 is 5.97 Å². The zero-order valence-corrected chi connectivity index (χ0v) is 23.3. The van der Waals surface area contributed by atoms with Gasteiger partial charge in [-0.3, -0.25) is 14.5 Å². The number of amides is 1. The van der Waals surface area contributed by atoms with E-state index in [1.807, 2.05) is 36.4 Å². The number of carbonyl (C=O) groups is 2. The van der Waals surface area contributed by atoms with E-state index in [-0.39, 0.29) is 18.5 Å². The average Bonchev–Trinajstić information content (AvgIpc) is 3.10. The zero-order valence-electron chi connectivity index (χ0n) is 19.3. The summed E-state index contributed by atoms with van der Waals surface area (Å²) in [4.78, 5) is 26.3. The number of halogens is 2. The number of hydrogen-bond acceptors (Lipinski definition) is 7. The second-order valence-corrected chi connectivity index (χ2v) is 10.6. The summed E-state index contributed by atoms with van der Waals surface area (Å²) in [6.07, 6.45) is 4.46. The zero-order chi connectivity index (χ0) is 25.4. The van der Waals surface area contributed by atoms with Crippen LogP contribution >= 0.6 is 51.5 Å². The van der Waals surface area contributed by atoms with Gasteiger partial charge in [0.25, 0.3) is 5.91 Å². The maximum Gasteiger partial charge on any atom is 0.305 e. The molecule has 6 nitrogen and oxygen atoms in total. The Kier molecular flexibility index (Phi) is 10.5. The summed E-state index contributed by atoms with van der Waals surface area (Å²) in [6.45, 7) is 0.803. The van der Waals surface area contributed by atoms with Gasteiger partial charge < -0.3 is 14.2 Å². The summed E-state index contributed by atoms with van der Waals surface area (Å²) < 4.78 is 17.4. The van der Waals surface area contributed by atoms with Gasteiger partial charge in [0.05, 0.1) is 23.6 Å². The summed E-state index contributed by atoms with van der Waals surface area (Å²) in [7, 11) is 2.94. The molecule has 1 aliphatic rings. The molecule has 0 aromatic heterocycles. The molecule has 1 aliphatic heterocycles. The lowest BCUT2D eigenvalue weighted by Crippen LogP contribution is -2.29. The Morgan fingerprint density at radius 3 is 2.69 bits per heavy atom.